The first-order valence-corrected chi connectivity index (χ1v) is 7.64. The third-order valence-corrected chi connectivity index (χ3v) is 4.71. The molecule has 3 rings (SSSR count). The molecule has 3 N–H and O–H groups in total. The third kappa shape index (κ3) is 2.56. The lowest BCUT2D eigenvalue weighted by molar-refractivity contribution is 0.419. The van der Waals surface area contributed by atoms with Crippen molar-refractivity contribution >= 4 is 11.3 Å². The predicted octanol–water partition coefficient (Wildman–Crippen LogP) is 3.27. The fourth-order valence-electron chi connectivity index (χ4n) is 2.60. The Balaban J connectivity index is 1.90. The van der Waals surface area contributed by atoms with Gasteiger partial charge in [0, 0.05) is 5.38 Å². The Bertz CT molecular complexity index is 560. The van der Waals surface area contributed by atoms with Crippen molar-refractivity contribution in [1.29, 1.82) is 0 Å². The molecule has 1 aromatic heterocycles. The van der Waals surface area contributed by atoms with Crippen molar-refractivity contribution in [2.75, 3.05) is 0 Å². The summed E-state index contributed by atoms with van der Waals surface area (Å²) in [4.78, 5) is 4.54. The molecule has 4 heteroatoms. The molecule has 1 saturated carbocycles. The molecule has 1 heterocycles. The van der Waals surface area contributed by atoms with E-state index in [0.717, 1.165) is 16.6 Å². The van der Waals surface area contributed by atoms with Crippen LogP contribution in [0.4, 0.5) is 0 Å². The lowest BCUT2D eigenvalue weighted by atomic mass is 9.79. The molecule has 0 bridgehead atoms. The fourth-order valence-corrected chi connectivity index (χ4v) is 3.24. The molecule has 3 nitrogen and oxygen atoms in total. The highest BCUT2D eigenvalue weighted by molar-refractivity contribution is 7.09. The van der Waals surface area contributed by atoms with Crippen LogP contribution < -0.4 is 11.3 Å². The van der Waals surface area contributed by atoms with Gasteiger partial charge in [0.05, 0.1) is 16.7 Å². The third-order valence-electron chi connectivity index (χ3n) is 3.92. The number of aromatic nitrogens is 1. The first kappa shape index (κ1) is 12.8. The zero-order valence-corrected chi connectivity index (χ0v) is 11.9. The van der Waals surface area contributed by atoms with Crippen molar-refractivity contribution in [2.45, 2.75) is 38.1 Å². The van der Waals surface area contributed by atoms with E-state index in [1.807, 2.05) is 6.92 Å². The summed E-state index contributed by atoms with van der Waals surface area (Å²) in [5, 5.41) is 3.15. The summed E-state index contributed by atoms with van der Waals surface area (Å²) in [6, 6.07) is 8.76. The van der Waals surface area contributed by atoms with Crippen LogP contribution in [0, 0.1) is 6.92 Å². The molecule has 0 spiro atoms. The Morgan fingerprint density at radius 3 is 2.84 bits per heavy atom. The van der Waals surface area contributed by atoms with Crippen molar-refractivity contribution in [3.8, 4) is 0 Å². The molecule has 2 aromatic rings. The second kappa shape index (κ2) is 5.41. The zero-order valence-electron chi connectivity index (χ0n) is 11.1. The quantitative estimate of drug-likeness (QED) is 0.664. The van der Waals surface area contributed by atoms with Gasteiger partial charge in [-0.1, -0.05) is 30.7 Å². The lowest BCUT2D eigenvalue weighted by Crippen LogP contribution is -2.29. The predicted molar refractivity (Wildman–Crippen MR) is 79.1 cm³/mol. The SMILES string of the molecule is Cc1nc(C(NN)c2cccc(C3CCC3)c2)cs1. The van der Waals surface area contributed by atoms with Gasteiger partial charge in [-0.25, -0.2) is 10.4 Å². The monoisotopic (exact) mass is 273 g/mol. The Labute approximate surface area is 117 Å². The smallest absolute Gasteiger partial charge is 0.0898 e. The number of nitrogens with one attached hydrogen (secondary N) is 1. The summed E-state index contributed by atoms with van der Waals surface area (Å²) in [5.74, 6) is 6.48. The largest absolute Gasteiger partial charge is 0.271 e. The molecule has 100 valence electrons. The minimum Gasteiger partial charge on any atom is -0.271 e. The van der Waals surface area contributed by atoms with Gasteiger partial charge < -0.3 is 0 Å². The van der Waals surface area contributed by atoms with Gasteiger partial charge >= 0.3 is 0 Å². The van der Waals surface area contributed by atoms with E-state index in [1.165, 1.54) is 30.4 Å². The van der Waals surface area contributed by atoms with Crippen LogP contribution in [-0.4, -0.2) is 4.98 Å². The van der Waals surface area contributed by atoms with Gasteiger partial charge in [-0.05, 0) is 36.8 Å². The van der Waals surface area contributed by atoms with Crippen LogP contribution >= 0.6 is 11.3 Å². The first-order valence-electron chi connectivity index (χ1n) is 6.76. The normalized spacial score (nSPS) is 17.2. The molecule has 1 fully saturated rings. The number of benzene rings is 1. The lowest BCUT2D eigenvalue weighted by Gasteiger charge is -2.26. The van der Waals surface area contributed by atoms with Crippen molar-refractivity contribution < 1.29 is 0 Å². The number of thiazole rings is 1. The minimum atomic E-state index is -0.00928. The number of hydrogen-bond acceptors (Lipinski definition) is 4. The molecule has 0 amide bonds. The van der Waals surface area contributed by atoms with Gasteiger partial charge in [0.15, 0.2) is 0 Å². The number of hydrazine groups is 1. The Morgan fingerprint density at radius 1 is 1.42 bits per heavy atom. The van der Waals surface area contributed by atoms with E-state index in [0.29, 0.717) is 0 Å². The van der Waals surface area contributed by atoms with Gasteiger partial charge in [-0.3, -0.25) is 5.84 Å². The Kier molecular flexibility index (Phi) is 3.64. The topological polar surface area (TPSA) is 50.9 Å². The van der Waals surface area contributed by atoms with E-state index in [9.17, 15) is 0 Å². The molecular formula is C15H19N3S. The molecule has 1 aromatic carbocycles. The second-order valence-corrected chi connectivity index (χ2v) is 6.25. The summed E-state index contributed by atoms with van der Waals surface area (Å²) in [7, 11) is 0. The van der Waals surface area contributed by atoms with Gasteiger partial charge in [-0.2, -0.15) is 0 Å². The second-order valence-electron chi connectivity index (χ2n) is 5.19. The van der Waals surface area contributed by atoms with Crippen LogP contribution in [0.5, 0.6) is 0 Å². The van der Waals surface area contributed by atoms with Gasteiger partial charge in [0.25, 0.3) is 0 Å². The summed E-state index contributed by atoms with van der Waals surface area (Å²) < 4.78 is 0. The minimum absolute atomic E-state index is 0.00928. The maximum atomic E-state index is 5.73. The molecule has 0 aliphatic heterocycles. The van der Waals surface area contributed by atoms with E-state index >= 15 is 0 Å². The van der Waals surface area contributed by atoms with Crippen molar-refractivity contribution in [3.05, 3.63) is 51.5 Å². The van der Waals surface area contributed by atoms with Crippen molar-refractivity contribution in [1.82, 2.24) is 10.4 Å². The van der Waals surface area contributed by atoms with Gasteiger partial charge in [-0.15, -0.1) is 11.3 Å². The summed E-state index contributed by atoms with van der Waals surface area (Å²) in [6.07, 6.45) is 4.00. The van der Waals surface area contributed by atoms with E-state index in [1.54, 1.807) is 11.3 Å². The summed E-state index contributed by atoms with van der Waals surface area (Å²) >= 11 is 1.66. The average Bonchev–Trinajstić information content (AvgIpc) is 2.75. The van der Waals surface area contributed by atoms with E-state index < -0.39 is 0 Å². The van der Waals surface area contributed by atoms with Crippen LogP contribution in [0.15, 0.2) is 29.6 Å². The summed E-state index contributed by atoms with van der Waals surface area (Å²) in [5.41, 5.74) is 6.55. The molecule has 1 aliphatic carbocycles. The van der Waals surface area contributed by atoms with Crippen LogP contribution in [0.3, 0.4) is 0 Å². The number of nitrogens with two attached hydrogens (primary N) is 1. The van der Waals surface area contributed by atoms with Gasteiger partial charge in [0.1, 0.15) is 0 Å². The Hall–Kier alpha value is -1.23. The standard InChI is InChI=1S/C15H19N3S/c1-10-17-14(9-19-10)15(18-16)13-7-3-6-12(8-13)11-4-2-5-11/h3,6-9,11,15,18H,2,4-5,16H2,1H3. The molecule has 1 aliphatic rings. The fraction of sp³-hybridized carbons (Fsp3) is 0.400. The maximum Gasteiger partial charge on any atom is 0.0898 e. The van der Waals surface area contributed by atoms with Crippen LogP contribution in [-0.2, 0) is 0 Å². The van der Waals surface area contributed by atoms with Crippen molar-refractivity contribution in [2.24, 2.45) is 5.84 Å². The number of rotatable bonds is 4. The van der Waals surface area contributed by atoms with E-state index in [4.69, 9.17) is 5.84 Å². The number of aryl methyl sites for hydroxylation is 1. The highest BCUT2D eigenvalue weighted by atomic mass is 32.1. The van der Waals surface area contributed by atoms with Crippen LogP contribution in [0.1, 0.15) is 53.1 Å². The van der Waals surface area contributed by atoms with E-state index in [2.05, 4.69) is 40.1 Å². The number of nitrogens with zero attached hydrogens (tertiary/aromatic N) is 1. The highest BCUT2D eigenvalue weighted by Crippen LogP contribution is 2.37. The first-order chi connectivity index (χ1) is 9.28. The molecular weight excluding hydrogens is 254 g/mol. The van der Waals surface area contributed by atoms with Gasteiger partial charge in [0.2, 0.25) is 0 Å². The molecule has 19 heavy (non-hydrogen) atoms. The zero-order chi connectivity index (χ0) is 13.2. The summed E-state index contributed by atoms with van der Waals surface area (Å²) in [6.45, 7) is 2.02. The molecule has 1 atom stereocenters. The highest BCUT2D eigenvalue weighted by Gasteiger charge is 2.21. The number of hydrogen-bond donors (Lipinski definition) is 2. The molecule has 1 unspecified atom stereocenters. The van der Waals surface area contributed by atoms with Crippen LogP contribution in [0.25, 0.3) is 0 Å². The molecule has 0 radical (unpaired) electrons. The van der Waals surface area contributed by atoms with E-state index in [-0.39, 0.29) is 6.04 Å². The maximum absolute atomic E-state index is 5.73. The van der Waals surface area contributed by atoms with Crippen molar-refractivity contribution in [3.63, 3.8) is 0 Å². The van der Waals surface area contributed by atoms with Crippen LogP contribution in [0.2, 0.25) is 0 Å². The average molecular weight is 273 g/mol. The Morgan fingerprint density at radius 2 is 2.26 bits per heavy atom. The molecule has 0 saturated heterocycles.